The van der Waals surface area contributed by atoms with Crippen LogP contribution >= 0.6 is 11.6 Å². The molecule has 0 spiro atoms. The van der Waals surface area contributed by atoms with E-state index in [9.17, 15) is 4.79 Å². The van der Waals surface area contributed by atoms with Gasteiger partial charge in [0.25, 0.3) is 5.91 Å². The van der Waals surface area contributed by atoms with Crippen molar-refractivity contribution < 1.29 is 9.53 Å². The minimum absolute atomic E-state index is 0.0273. The smallest absolute Gasteiger partial charge is 0.261 e. The van der Waals surface area contributed by atoms with Crippen LogP contribution in [0.4, 0.5) is 0 Å². The molecule has 1 saturated heterocycles. The van der Waals surface area contributed by atoms with E-state index in [1.165, 1.54) is 0 Å². The van der Waals surface area contributed by atoms with Crippen molar-refractivity contribution in [1.29, 1.82) is 0 Å². The Balaban J connectivity index is 1.49. The molecule has 2 heterocycles. The molecular formula is C19H18ClN3O2. The zero-order valence-electron chi connectivity index (χ0n) is 13.6. The predicted molar refractivity (Wildman–Crippen MR) is 96.7 cm³/mol. The van der Waals surface area contributed by atoms with Gasteiger partial charge >= 0.3 is 0 Å². The maximum atomic E-state index is 12.6. The van der Waals surface area contributed by atoms with Crippen LogP contribution in [0.25, 0.3) is 11.0 Å². The van der Waals surface area contributed by atoms with Crippen LogP contribution in [0, 0.1) is 0 Å². The lowest BCUT2D eigenvalue weighted by Gasteiger charge is -2.23. The summed E-state index contributed by atoms with van der Waals surface area (Å²) in [7, 11) is 0. The highest BCUT2D eigenvalue weighted by Gasteiger charge is 2.32. The Morgan fingerprint density at radius 2 is 2.04 bits per heavy atom. The van der Waals surface area contributed by atoms with Gasteiger partial charge in [-0.25, -0.2) is 4.98 Å². The molecule has 0 saturated carbocycles. The van der Waals surface area contributed by atoms with Gasteiger partial charge in [0.05, 0.1) is 22.1 Å². The van der Waals surface area contributed by atoms with Gasteiger partial charge in [0.15, 0.2) is 6.61 Å². The molecule has 1 aromatic heterocycles. The number of imidazole rings is 1. The van der Waals surface area contributed by atoms with Crippen molar-refractivity contribution in [3.63, 3.8) is 0 Å². The van der Waals surface area contributed by atoms with Gasteiger partial charge in [-0.3, -0.25) is 4.79 Å². The van der Waals surface area contributed by atoms with E-state index in [0.717, 1.165) is 29.7 Å². The van der Waals surface area contributed by atoms with Crippen molar-refractivity contribution in [2.45, 2.75) is 18.9 Å². The zero-order chi connectivity index (χ0) is 17.2. The van der Waals surface area contributed by atoms with Gasteiger partial charge < -0.3 is 14.6 Å². The van der Waals surface area contributed by atoms with Crippen LogP contribution < -0.4 is 4.74 Å². The van der Waals surface area contributed by atoms with Gasteiger partial charge in [0.2, 0.25) is 0 Å². The van der Waals surface area contributed by atoms with E-state index in [-0.39, 0.29) is 18.6 Å². The van der Waals surface area contributed by atoms with Gasteiger partial charge in [0, 0.05) is 6.54 Å². The van der Waals surface area contributed by atoms with Gasteiger partial charge in [-0.05, 0) is 37.1 Å². The van der Waals surface area contributed by atoms with Crippen LogP contribution in [0.3, 0.4) is 0 Å². The van der Waals surface area contributed by atoms with E-state index in [1.807, 2.05) is 41.3 Å². The fraction of sp³-hybridized carbons (Fsp3) is 0.263. The fourth-order valence-corrected chi connectivity index (χ4v) is 3.45. The summed E-state index contributed by atoms with van der Waals surface area (Å²) in [6, 6.07) is 15.0. The second-order valence-corrected chi connectivity index (χ2v) is 6.51. The zero-order valence-corrected chi connectivity index (χ0v) is 14.4. The maximum Gasteiger partial charge on any atom is 0.261 e. The number of halogens is 1. The highest BCUT2D eigenvalue weighted by atomic mass is 35.5. The van der Waals surface area contributed by atoms with Gasteiger partial charge in [-0.2, -0.15) is 0 Å². The van der Waals surface area contributed by atoms with E-state index < -0.39 is 0 Å². The number of aromatic amines is 1. The molecule has 5 nitrogen and oxygen atoms in total. The number of fused-ring (bicyclic) bond motifs is 1. The molecule has 25 heavy (non-hydrogen) atoms. The minimum atomic E-state index is -0.0529. The predicted octanol–water partition coefficient (Wildman–Crippen LogP) is 3.96. The number of carbonyl (C=O) groups excluding carboxylic acids is 1. The molecular weight excluding hydrogens is 338 g/mol. The van der Waals surface area contributed by atoms with Crippen LogP contribution in [-0.4, -0.2) is 33.9 Å². The van der Waals surface area contributed by atoms with Crippen LogP contribution in [-0.2, 0) is 4.79 Å². The van der Waals surface area contributed by atoms with Gasteiger partial charge in [0.1, 0.15) is 11.6 Å². The summed E-state index contributed by atoms with van der Waals surface area (Å²) in [5.41, 5.74) is 1.91. The number of likely N-dealkylation sites (tertiary alicyclic amines) is 1. The average Bonchev–Trinajstić information content (AvgIpc) is 3.27. The summed E-state index contributed by atoms with van der Waals surface area (Å²) >= 11 is 6.07. The van der Waals surface area contributed by atoms with E-state index in [2.05, 4.69) is 9.97 Å². The quantitative estimate of drug-likeness (QED) is 0.770. The molecule has 0 radical (unpaired) electrons. The molecule has 6 heteroatoms. The van der Waals surface area contributed by atoms with Crippen molar-refractivity contribution in [3.05, 3.63) is 59.4 Å². The van der Waals surface area contributed by atoms with Crippen LogP contribution in [0.2, 0.25) is 5.02 Å². The van der Waals surface area contributed by atoms with Crippen molar-refractivity contribution >= 4 is 28.5 Å². The maximum absolute atomic E-state index is 12.6. The number of H-pyrrole nitrogens is 1. The Hall–Kier alpha value is -2.53. The number of nitrogens with zero attached hydrogens (tertiary/aromatic N) is 2. The highest BCUT2D eigenvalue weighted by molar-refractivity contribution is 6.32. The molecule has 1 aliphatic heterocycles. The Morgan fingerprint density at radius 3 is 2.88 bits per heavy atom. The minimum Gasteiger partial charge on any atom is -0.482 e. The first-order chi connectivity index (χ1) is 12.2. The normalized spacial score (nSPS) is 17.2. The molecule has 2 aromatic carbocycles. The first kappa shape index (κ1) is 16.0. The number of carbonyl (C=O) groups is 1. The van der Waals surface area contributed by atoms with Crippen LogP contribution in [0.1, 0.15) is 24.7 Å². The van der Waals surface area contributed by atoms with Crippen molar-refractivity contribution in [1.82, 2.24) is 14.9 Å². The SMILES string of the molecule is O=C(COc1ccccc1Cl)N1CCC[C@H]1c1nc2ccccc2[nH]1. The summed E-state index contributed by atoms with van der Waals surface area (Å²) < 4.78 is 5.60. The Labute approximate surface area is 150 Å². The number of amides is 1. The third kappa shape index (κ3) is 3.20. The van der Waals surface area contributed by atoms with Crippen molar-refractivity contribution in [2.75, 3.05) is 13.2 Å². The summed E-state index contributed by atoms with van der Waals surface area (Å²) in [6.07, 6.45) is 1.86. The number of ether oxygens (including phenoxy) is 1. The topological polar surface area (TPSA) is 58.2 Å². The number of para-hydroxylation sites is 3. The second-order valence-electron chi connectivity index (χ2n) is 6.10. The summed E-state index contributed by atoms with van der Waals surface area (Å²) in [4.78, 5) is 22.5. The summed E-state index contributed by atoms with van der Waals surface area (Å²) in [5.74, 6) is 1.31. The third-order valence-corrected chi connectivity index (χ3v) is 4.80. The number of hydrogen-bond donors (Lipinski definition) is 1. The van der Waals surface area contributed by atoms with Gasteiger partial charge in [-0.15, -0.1) is 0 Å². The van der Waals surface area contributed by atoms with E-state index in [1.54, 1.807) is 12.1 Å². The standard InChI is InChI=1S/C19H18ClN3O2/c20-13-6-1-4-10-17(13)25-12-18(24)23-11-5-9-16(23)19-21-14-7-2-3-8-15(14)22-19/h1-4,6-8,10,16H,5,9,11-12H2,(H,21,22)/t16-/m0/s1. The molecule has 0 aliphatic carbocycles. The summed E-state index contributed by atoms with van der Waals surface area (Å²) in [5, 5.41) is 0.505. The molecule has 1 N–H and O–H groups in total. The fourth-order valence-electron chi connectivity index (χ4n) is 3.26. The van der Waals surface area contributed by atoms with Crippen molar-refractivity contribution in [2.24, 2.45) is 0 Å². The Morgan fingerprint density at radius 1 is 1.24 bits per heavy atom. The summed E-state index contributed by atoms with van der Waals surface area (Å²) in [6.45, 7) is 0.687. The van der Waals surface area contributed by atoms with E-state index in [4.69, 9.17) is 16.3 Å². The molecule has 1 aliphatic rings. The number of aromatic nitrogens is 2. The van der Waals surface area contributed by atoms with E-state index >= 15 is 0 Å². The molecule has 1 amide bonds. The van der Waals surface area contributed by atoms with Crippen LogP contribution in [0.15, 0.2) is 48.5 Å². The van der Waals surface area contributed by atoms with Crippen molar-refractivity contribution in [3.8, 4) is 5.75 Å². The average molecular weight is 356 g/mol. The lowest BCUT2D eigenvalue weighted by atomic mass is 10.2. The first-order valence-electron chi connectivity index (χ1n) is 8.34. The van der Waals surface area contributed by atoms with E-state index in [0.29, 0.717) is 17.3 Å². The Kier molecular flexibility index (Phi) is 4.32. The molecule has 1 atom stereocenters. The Bertz CT molecular complexity index is 875. The molecule has 4 rings (SSSR count). The first-order valence-corrected chi connectivity index (χ1v) is 8.71. The number of hydrogen-bond acceptors (Lipinski definition) is 3. The number of nitrogens with one attached hydrogen (secondary N) is 1. The number of rotatable bonds is 4. The molecule has 1 fully saturated rings. The molecule has 0 unspecified atom stereocenters. The van der Waals surface area contributed by atoms with Crippen LogP contribution in [0.5, 0.6) is 5.75 Å². The second kappa shape index (κ2) is 6.76. The molecule has 3 aromatic rings. The monoisotopic (exact) mass is 355 g/mol. The number of benzene rings is 2. The largest absolute Gasteiger partial charge is 0.482 e. The third-order valence-electron chi connectivity index (χ3n) is 4.48. The molecule has 0 bridgehead atoms. The lowest BCUT2D eigenvalue weighted by molar-refractivity contribution is -0.134. The highest BCUT2D eigenvalue weighted by Crippen LogP contribution is 2.31. The molecule has 128 valence electrons. The van der Waals surface area contributed by atoms with Gasteiger partial charge in [-0.1, -0.05) is 35.9 Å². The lowest BCUT2D eigenvalue weighted by Crippen LogP contribution is -2.34.